The number of fused-ring (bicyclic) bond motifs is 1. The molecule has 2 unspecified atom stereocenters. The lowest BCUT2D eigenvalue weighted by Gasteiger charge is -2.35. The van der Waals surface area contributed by atoms with Gasteiger partial charge >= 0.3 is 5.97 Å². The number of carbonyl (C=O) groups is 2. The van der Waals surface area contributed by atoms with Gasteiger partial charge in [0.05, 0.1) is 23.9 Å². The summed E-state index contributed by atoms with van der Waals surface area (Å²) in [6.45, 7) is 8.87. The van der Waals surface area contributed by atoms with E-state index in [4.69, 9.17) is 4.74 Å². The van der Waals surface area contributed by atoms with Crippen molar-refractivity contribution in [3.8, 4) is 0 Å². The summed E-state index contributed by atoms with van der Waals surface area (Å²) in [6, 6.07) is 0. The highest BCUT2D eigenvalue weighted by Gasteiger charge is 2.55. The summed E-state index contributed by atoms with van der Waals surface area (Å²) in [5.74, 6) is -1.33. The van der Waals surface area contributed by atoms with Gasteiger partial charge in [-0.1, -0.05) is 0 Å². The molecule has 0 aromatic rings. The molecular weight excluding hydrogens is 260 g/mol. The highest BCUT2D eigenvalue weighted by Crippen LogP contribution is 2.34. The average Bonchev–Trinajstić information content (AvgIpc) is 2.63. The number of hydrazone groups is 1. The van der Waals surface area contributed by atoms with Crippen LogP contribution >= 0.6 is 0 Å². The standard InChI is InChI=1S/C13H18N4O3/c1-6-20-10(18)7(2)13(5)11(19)15-12-14-8(3)9(4)16-17(12)13/h7H,6H2,1-5H3. The van der Waals surface area contributed by atoms with Crippen molar-refractivity contribution in [2.24, 2.45) is 21.0 Å². The summed E-state index contributed by atoms with van der Waals surface area (Å²) in [5.41, 5.74) is 0.217. The SMILES string of the molecule is CCOC(=O)C(C)C1(C)C(=O)N=C2N=C(C)C(C)=NN21. The number of rotatable bonds is 3. The highest BCUT2D eigenvalue weighted by atomic mass is 16.5. The molecule has 0 aromatic carbocycles. The summed E-state index contributed by atoms with van der Waals surface area (Å²) in [5, 5.41) is 5.78. The third-order valence-corrected chi connectivity index (χ3v) is 3.79. The normalized spacial score (nSPS) is 26.6. The monoisotopic (exact) mass is 278 g/mol. The number of esters is 1. The minimum absolute atomic E-state index is 0.233. The molecular formula is C13H18N4O3. The molecule has 0 radical (unpaired) electrons. The van der Waals surface area contributed by atoms with Crippen LogP contribution in [0.2, 0.25) is 0 Å². The Labute approximate surface area is 117 Å². The Hall–Kier alpha value is -2.05. The van der Waals surface area contributed by atoms with Crippen LogP contribution < -0.4 is 0 Å². The summed E-state index contributed by atoms with van der Waals surface area (Å²) in [4.78, 5) is 32.4. The van der Waals surface area contributed by atoms with E-state index >= 15 is 0 Å². The van der Waals surface area contributed by atoms with E-state index in [1.54, 1.807) is 34.6 Å². The zero-order chi connectivity index (χ0) is 15.1. The smallest absolute Gasteiger partial charge is 0.311 e. The second-order valence-corrected chi connectivity index (χ2v) is 5.03. The van der Waals surface area contributed by atoms with E-state index in [-0.39, 0.29) is 12.6 Å². The van der Waals surface area contributed by atoms with E-state index in [2.05, 4.69) is 15.1 Å². The molecule has 0 spiro atoms. The van der Waals surface area contributed by atoms with Gasteiger partial charge in [0.2, 0.25) is 0 Å². The number of hydrogen-bond donors (Lipinski definition) is 0. The minimum Gasteiger partial charge on any atom is -0.466 e. The topological polar surface area (TPSA) is 83.7 Å². The summed E-state index contributed by atoms with van der Waals surface area (Å²) < 4.78 is 5.00. The summed E-state index contributed by atoms with van der Waals surface area (Å²) in [6.07, 6.45) is 0. The number of hydrogen-bond acceptors (Lipinski definition) is 6. The number of carbonyl (C=O) groups excluding carboxylic acids is 2. The van der Waals surface area contributed by atoms with Crippen molar-refractivity contribution in [3.63, 3.8) is 0 Å². The van der Waals surface area contributed by atoms with Gasteiger partial charge in [0.25, 0.3) is 11.9 Å². The zero-order valence-corrected chi connectivity index (χ0v) is 12.3. The van der Waals surface area contributed by atoms with Crippen LogP contribution in [0.1, 0.15) is 34.6 Å². The number of aliphatic imine (C=N–C) groups is 2. The van der Waals surface area contributed by atoms with Crippen LogP contribution in [0.25, 0.3) is 0 Å². The molecule has 2 rings (SSSR count). The molecule has 108 valence electrons. The van der Waals surface area contributed by atoms with Crippen LogP contribution in [0.4, 0.5) is 0 Å². The van der Waals surface area contributed by atoms with E-state index in [1.165, 1.54) is 5.01 Å². The molecule has 0 aliphatic carbocycles. The van der Waals surface area contributed by atoms with Crippen LogP contribution in [0.15, 0.2) is 15.1 Å². The Balaban J connectivity index is 2.39. The molecule has 0 saturated heterocycles. The quantitative estimate of drug-likeness (QED) is 0.721. The van der Waals surface area contributed by atoms with E-state index in [1.807, 2.05) is 0 Å². The van der Waals surface area contributed by atoms with Crippen LogP contribution in [0.5, 0.6) is 0 Å². The Kier molecular flexibility index (Phi) is 3.45. The molecule has 7 heteroatoms. The van der Waals surface area contributed by atoms with Gasteiger partial charge in [0.15, 0.2) is 5.54 Å². The van der Waals surface area contributed by atoms with Crippen molar-refractivity contribution in [3.05, 3.63) is 0 Å². The third-order valence-electron chi connectivity index (χ3n) is 3.79. The summed E-state index contributed by atoms with van der Waals surface area (Å²) in [7, 11) is 0. The molecule has 20 heavy (non-hydrogen) atoms. The molecule has 0 aromatic heterocycles. The van der Waals surface area contributed by atoms with Gasteiger partial charge in [-0.05, 0) is 34.6 Å². The second kappa shape index (κ2) is 4.81. The fourth-order valence-electron chi connectivity index (χ4n) is 2.09. The van der Waals surface area contributed by atoms with Crippen molar-refractivity contribution >= 4 is 29.3 Å². The first kappa shape index (κ1) is 14.4. The van der Waals surface area contributed by atoms with Crippen LogP contribution in [-0.2, 0) is 14.3 Å². The van der Waals surface area contributed by atoms with E-state index in [0.29, 0.717) is 11.4 Å². The first-order valence-corrected chi connectivity index (χ1v) is 6.53. The van der Waals surface area contributed by atoms with Gasteiger partial charge in [-0.3, -0.25) is 9.59 Å². The number of amides is 1. The molecule has 0 N–H and O–H groups in total. The minimum atomic E-state index is -1.19. The van der Waals surface area contributed by atoms with Crippen molar-refractivity contribution in [2.45, 2.75) is 40.2 Å². The molecule has 0 fully saturated rings. The van der Waals surface area contributed by atoms with Gasteiger partial charge in [-0.2, -0.15) is 10.1 Å². The van der Waals surface area contributed by atoms with Crippen molar-refractivity contribution in [2.75, 3.05) is 6.61 Å². The predicted octanol–water partition coefficient (Wildman–Crippen LogP) is 0.993. The first-order chi connectivity index (χ1) is 9.32. The van der Waals surface area contributed by atoms with Gasteiger partial charge in [-0.25, -0.2) is 10.0 Å². The van der Waals surface area contributed by atoms with Crippen LogP contribution in [0, 0.1) is 5.92 Å². The molecule has 1 amide bonds. The van der Waals surface area contributed by atoms with E-state index in [9.17, 15) is 9.59 Å². The largest absolute Gasteiger partial charge is 0.466 e. The molecule has 7 nitrogen and oxygen atoms in total. The highest BCUT2D eigenvalue weighted by molar-refractivity contribution is 6.43. The average molecular weight is 278 g/mol. The molecule has 0 saturated carbocycles. The van der Waals surface area contributed by atoms with E-state index in [0.717, 1.165) is 0 Å². The van der Waals surface area contributed by atoms with Crippen LogP contribution in [0.3, 0.4) is 0 Å². The molecule has 2 aliphatic heterocycles. The maximum absolute atomic E-state index is 12.3. The molecule has 0 bridgehead atoms. The molecule has 2 aliphatic rings. The molecule has 2 atom stereocenters. The van der Waals surface area contributed by atoms with Gasteiger partial charge < -0.3 is 4.74 Å². The number of nitrogens with zero attached hydrogens (tertiary/aromatic N) is 4. The van der Waals surface area contributed by atoms with Crippen LogP contribution in [-0.4, -0.2) is 46.4 Å². The lowest BCUT2D eigenvalue weighted by molar-refractivity contribution is -0.154. The number of ether oxygens (including phenoxy) is 1. The second-order valence-electron chi connectivity index (χ2n) is 5.03. The fraction of sp³-hybridized carbons (Fsp3) is 0.615. The Bertz CT molecular complexity index is 564. The fourth-order valence-corrected chi connectivity index (χ4v) is 2.09. The molecule has 2 heterocycles. The first-order valence-electron chi connectivity index (χ1n) is 6.53. The summed E-state index contributed by atoms with van der Waals surface area (Å²) >= 11 is 0. The van der Waals surface area contributed by atoms with Gasteiger partial charge in [0.1, 0.15) is 0 Å². The van der Waals surface area contributed by atoms with Gasteiger partial charge in [-0.15, -0.1) is 0 Å². The van der Waals surface area contributed by atoms with Crippen molar-refractivity contribution in [1.29, 1.82) is 0 Å². The van der Waals surface area contributed by atoms with Crippen molar-refractivity contribution < 1.29 is 14.3 Å². The predicted molar refractivity (Wildman–Crippen MR) is 74.7 cm³/mol. The van der Waals surface area contributed by atoms with Crippen molar-refractivity contribution in [1.82, 2.24) is 5.01 Å². The lowest BCUT2D eigenvalue weighted by Crippen LogP contribution is -2.55. The number of guanidine groups is 1. The Morgan fingerprint density at radius 1 is 1.35 bits per heavy atom. The lowest BCUT2D eigenvalue weighted by atomic mass is 9.86. The maximum Gasteiger partial charge on any atom is 0.311 e. The Morgan fingerprint density at radius 2 is 2.00 bits per heavy atom. The Morgan fingerprint density at radius 3 is 2.60 bits per heavy atom. The third kappa shape index (κ3) is 1.93. The zero-order valence-electron chi connectivity index (χ0n) is 12.3. The maximum atomic E-state index is 12.3. The van der Waals surface area contributed by atoms with E-state index < -0.39 is 23.3 Å². The van der Waals surface area contributed by atoms with Gasteiger partial charge in [0, 0.05) is 0 Å².